The summed E-state index contributed by atoms with van der Waals surface area (Å²) in [5.74, 6) is 0. The third-order valence-electron chi connectivity index (χ3n) is 2.50. The van der Waals surface area contributed by atoms with Crippen molar-refractivity contribution in [3.05, 3.63) is 53.1 Å². The van der Waals surface area contributed by atoms with E-state index in [-0.39, 0.29) is 0 Å². The van der Waals surface area contributed by atoms with E-state index >= 15 is 0 Å². The van der Waals surface area contributed by atoms with Crippen LogP contribution in [0.3, 0.4) is 0 Å². The molecule has 0 aliphatic heterocycles. The Morgan fingerprint density at radius 3 is 2.00 bits per heavy atom. The van der Waals surface area contributed by atoms with Crippen molar-refractivity contribution in [1.82, 2.24) is 0 Å². The zero-order valence-corrected chi connectivity index (χ0v) is 9.52. The summed E-state index contributed by atoms with van der Waals surface area (Å²) >= 11 is 0. The molecule has 0 heteroatoms. The molecular weight excluding hydrogens is 168 g/mol. The lowest BCUT2D eigenvalue weighted by Gasteiger charge is -2.11. The lowest BCUT2D eigenvalue weighted by atomic mass is 9.93. The van der Waals surface area contributed by atoms with Gasteiger partial charge in [-0.1, -0.05) is 36.4 Å². The van der Waals surface area contributed by atoms with Crippen LogP contribution in [0.1, 0.15) is 29.2 Å². The molecule has 0 radical (unpaired) electrons. The van der Waals surface area contributed by atoms with Gasteiger partial charge in [0.2, 0.25) is 0 Å². The van der Waals surface area contributed by atoms with E-state index in [1.807, 2.05) is 6.08 Å². The molecule has 0 nitrogen and oxygen atoms in total. The van der Waals surface area contributed by atoms with Gasteiger partial charge in [0, 0.05) is 0 Å². The Balaban J connectivity index is 3.41. The minimum Gasteiger partial charge on any atom is -0.0985 e. The fourth-order valence-electron chi connectivity index (χ4n) is 2.00. The highest BCUT2D eigenvalue weighted by atomic mass is 14.1. The first-order valence-electron chi connectivity index (χ1n) is 4.97. The molecule has 74 valence electrons. The molecule has 0 amide bonds. The first kappa shape index (κ1) is 10.8. The molecular formula is C14H18. The topological polar surface area (TPSA) is 0 Å². The zero-order valence-electron chi connectivity index (χ0n) is 9.52. The van der Waals surface area contributed by atoms with Gasteiger partial charge in [-0.3, -0.25) is 0 Å². The Bertz CT molecular complexity index is 358. The Kier molecular flexibility index (Phi) is 3.29. The maximum absolute atomic E-state index is 3.84. The van der Waals surface area contributed by atoms with Gasteiger partial charge in [0.1, 0.15) is 0 Å². The number of hydrogen-bond acceptors (Lipinski definition) is 0. The highest BCUT2D eigenvalue weighted by molar-refractivity contribution is 5.77. The fourth-order valence-corrected chi connectivity index (χ4v) is 2.00. The highest BCUT2D eigenvalue weighted by Gasteiger charge is 2.05. The van der Waals surface area contributed by atoms with Crippen molar-refractivity contribution >= 4 is 5.57 Å². The monoisotopic (exact) mass is 186 g/mol. The minimum absolute atomic E-state index is 1.22. The molecule has 0 spiro atoms. The lowest BCUT2D eigenvalue weighted by Crippen LogP contribution is -1.92. The van der Waals surface area contributed by atoms with Gasteiger partial charge in [0.05, 0.1) is 0 Å². The number of hydrogen-bond donors (Lipinski definition) is 0. The maximum atomic E-state index is 3.84. The van der Waals surface area contributed by atoms with E-state index in [1.54, 1.807) is 0 Å². The molecule has 0 fully saturated rings. The Morgan fingerprint density at radius 2 is 1.64 bits per heavy atom. The number of allylic oxidation sites excluding steroid dienone is 3. The predicted molar refractivity (Wildman–Crippen MR) is 64.5 cm³/mol. The SMILES string of the molecule is C=C/C(=C\C)c1c(C)cc(C)cc1C. The van der Waals surface area contributed by atoms with Crippen LogP contribution in [0.5, 0.6) is 0 Å². The normalized spacial score (nSPS) is 11.6. The van der Waals surface area contributed by atoms with E-state index < -0.39 is 0 Å². The quantitative estimate of drug-likeness (QED) is 0.607. The molecule has 0 aromatic heterocycles. The average molecular weight is 186 g/mol. The lowest BCUT2D eigenvalue weighted by molar-refractivity contribution is 1.29. The van der Waals surface area contributed by atoms with Gasteiger partial charge < -0.3 is 0 Å². The fraction of sp³-hybridized carbons (Fsp3) is 0.286. The van der Waals surface area contributed by atoms with Gasteiger partial charge in [-0.15, -0.1) is 0 Å². The van der Waals surface area contributed by atoms with E-state index in [1.165, 1.54) is 27.8 Å². The molecule has 0 heterocycles. The van der Waals surface area contributed by atoms with E-state index in [2.05, 4.69) is 52.5 Å². The van der Waals surface area contributed by atoms with E-state index in [9.17, 15) is 0 Å². The molecule has 1 rings (SSSR count). The molecule has 0 saturated carbocycles. The zero-order chi connectivity index (χ0) is 10.7. The van der Waals surface area contributed by atoms with Crippen LogP contribution in [0.25, 0.3) is 5.57 Å². The summed E-state index contributed by atoms with van der Waals surface area (Å²) in [6.45, 7) is 12.3. The number of rotatable bonds is 2. The molecule has 0 bridgehead atoms. The second-order valence-corrected chi connectivity index (χ2v) is 3.72. The first-order valence-corrected chi connectivity index (χ1v) is 4.97. The summed E-state index contributed by atoms with van der Waals surface area (Å²) in [7, 11) is 0. The molecule has 0 N–H and O–H groups in total. The Hall–Kier alpha value is -1.30. The Labute approximate surface area is 87.0 Å². The van der Waals surface area contributed by atoms with Crippen molar-refractivity contribution in [3.63, 3.8) is 0 Å². The van der Waals surface area contributed by atoms with Crippen molar-refractivity contribution in [2.45, 2.75) is 27.7 Å². The second-order valence-electron chi connectivity index (χ2n) is 3.72. The van der Waals surface area contributed by atoms with Crippen LogP contribution in [0.15, 0.2) is 30.9 Å². The number of aryl methyl sites for hydroxylation is 3. The molecule has 1 aromatic rings. The van der Waals surface area contributed by atoms with Crippen molar-refractivity contribution in [1.29, 1.82) is 0 Å². The smallest absolute Gasteiger partial charge is 0.0129 e. The first-order chi connectivity index (χ1) is 6.60. The van der Waals surface area contributed by atoms with Crippen LogP contribution < -0.4 is 0 Å². The number of benzene rings is 1. The molecule has 0 aliphatic rings. The summed E-state index contributed by atoms with van der Waals surface area (Å²) in [6, 6.07) is 4.44. The molecule has 14 heavy (non-hydrogen) atoms. The highest BCUT2D eigenvalue weighted by Crippen LogP contribution is 2.24. The second kappa shape index (κ2) is 4.28. The third-order valence-corrected chi connectivity index (χ3v) is 2.50. The van der Waals surface area contributed by atoms with Crippen LogP contribution in [0.2, 0.25) is 0 Å². The van der Waals surface area contributed by atoms with Crippen LogP contribution in [0, 0.1) is 20.8 Å². The standard InChI is InChI=1S/C14H18/c1-6-13(7-2)14-11(4)8-10(3)9-12(14)5/h6-9H,1H2,2-5H3/b13-7+. The van der Waals surface area contributed by atoms with Gasteiger partial charge in [0.15, 0.2) is 0 Å². The van der Waals surface area contributed by atoms with E-state index in [0.717, 1.165) is 0 Å². The maximum Gasteiger partial charge on any atom is -0.0129 e. The largest absolute Gasteiger partial charge is 0.0985 e. The molecule has 0 saturated heterocycles. The summed E-state index contributed by atoms with van der Waals surface area (Å²) in [5, 5.41) is 0. The predicted octanol–water partition coefficient (Wildman–Crippen LogP) is 4.20. The molecule has 0 atom stereocenters. The van der Waals surface area contributed by atoms with Gasteiger partial charge >= 0.3 is 0 Å². The van der Waals surface area contributed by atoms with Crippen LogP contribution in [-0.2, 0) is 0 Å². The summed E-state index contributed by atoms with van der Waals surface area (Å²) < 4.78 is 0. The van der Waals surface area contributed by atoms with Gasteiger partial charge in [-0.2, -0.15) is 0 Å². The van der Waals surface area contributed by atoms with Crippen LogP contribution in [0.4, 0.5) is 0 Å². The summed E-state index contributed by atoms with van der Waals surface area (Å²) in [5.41, 5.74) is 6.53. The third kappa shape index (κ3) is 1.95. The van der Waals surface area contributed by atoms with Gasteiger partial charge in [0.25, 0.3) is 0 Å². The van der Waals surface area contributed by atoms with Crippen molar-refractivity contribution < 1.29 is 0 Å². The summed E-state index contributed by atoms with van der Waals surface area (Å²) in [6.07, 6.45) is 4.03. The van der Waals surface area contributed by atoms with Crippen molar-refractivity contribution in [3.8, 4) is 0 Å². The van der Waals surface area contributed by atoms with Crippen LogP contribution in [-0.4, -0.2) is 0 Å². The van der Waals surface area contributed by atoms with E-state index in [4.69, 9.17) is 0 Å². The van der Waals surface area contributed by atoms with E-state index in [0.29, 0.717) is 0 Å². The van der Waals surface area contributed by atoms with Gasteiger partial charge in [-0.05, 0) is 50.0 Å². The Morgan fingerprint density at radius 1 is 1.14 bits per heavy atom. The minimum atomic E-state index is 1.22. The van der Waals surface area contributed by atoms with Gasteiger partial charge in [-0.25, -0.2) is 0 Å². The molecule has 0 aliphatic carbocycles. The summed E-state index contributed by atoms with van der Waals surface area (Å²) in [4.78, 5) is 0. The molecule has 1 aromatic carbocycles. The van der Waals surface area contributed by atoms with Crippen molar-refractivity contribution in [2.75, 3.05) is 0 Å². The average Bonchev–Trinajstić information content (AvgIpc) is 2.10. The van der Waals surface area contributed by atoms with Crippen LogP contribution >= 0.6 is 0 Å². The molecule has 0 unspecified atom stereocenters. The van der Waals surface area contributed by atoms with Crippen molar-refractivity contribution in [2.24, 2.45) is 0 Å².